The van der Waals surface area contributed by atoms with Crippen molar-refractivity contribution in [3.8, 4) is 0 Å². The van der Waals surface area contributed by atoms with Crippen molar-refractivity contribution in [1.82, 2.24) is 0 Å². The number of aryl methyl sites for hydroxylation is 2. The summed E-state index contributed by atoms with van der Waals surface area (Å²) in [5.41, 5.74) is 4.11. The number of esters is 1. The highest BCUT2D eigenvalue weighted by molar-refractivity contribution is 7.80. The third kappa shape index (κ3) is 4.79. The highest BCUT2D eigenvalue weighted by Crippen LogP contribution is 2.19. The summed E-state index contributed by atoms with van der Waals surface area (Å²) >= 11 is 5.33. The molecule has 0 radical (unpaired) electrons. The minimum atomic E-state index is -0.364. The number of ether oxygens (including phenoxy) is 1. The van der Waals surface area contributed by atoms with Crippen LogP contribution in [0.3, 0.4) is 0 Å². The Morgan fingerprint density at radius 1 is 1.09 bits per heavy atom. The van der Waals surface area contributed by atoms with Gasteiger partial charge in [-0.1, -0.05) is 23.8 Å². The van der Waals surface area contributed by atoms with Gasteiger partial charge in [-0.15, -0.1) is 0 Å². The minimum Gasteiger partial charge on any atom is -0.462 e. The summed E-state index contributed by atoms with van der Waals surface area (Å²) in [4.78, 5) is 12.1. The van der Waals surface area contributed by atoms with Crippen molar-refractivity contribution in [2.75, 3.05) is 17.2 Å². The Kier molecular flexibility index (Phi) is 5.71. The molecule has 0 saturated heterocycles. The fourth-order valence-electron chi connectivity index (χ4n) is 2.15. The normalized spacial score (nSPS) is 10.0. The molecular formula is C18H20N2O2S. The number of carbonyl (C=O) groups is 1. The number of hydrogen-bond acceptors (Lipinski definition) is 3. The largest absolute Gasteiger partial charge is 0.462 e. The highest BCUT2D eigenvalue weighted by atomic mass is 32.1. The predicted molar refractivity (Wildman–Crippen MR) is 98.2 cm³/mol. The van der Waals surface area contributed by atoms with Gasteiger partial charge in [-0.3, -0.25) is 0 Å². The first-order valence-electron chi connectivity index (χ1n) is 7.42. The Labute approximate surface area is 141 Å². The molecule has 2 aromatic carbocycles. The van der Waals surface area contributed by atoms with Crippen molar-refractivity contribution in [3.63, 3.8) is 0 Å². The van der Waals surface area contributed by atoms with E-state index in [9.17, 15) is 4.79 Å². The van der Waals surface area contributed by atoms with Crippen LogP contribution < -0.4 is 10.6 Å². The van der Waals surface area contributed by atoms with Gasteiger partial charge in [0.15, 0.2) is 5.11 Å². The van der Waals surface area contributed by atoms with E-state index >= 15 is 0 Å². The van der Waals surface area contributed by atoms with Gasteiger partial charge in [-0.05, 0) is 62.8 Å². The van der Waals surface area contributed by atoms with Gasteiger partial charge in [-0.25, -0.2) is 4.79 Å². The number of benzene rings is 2. The van der Waals surface area contributed by atoms with Gasteiger partial charge >= 0.3 is 5.97 Å². The molecular weight excluding hydrogens is 308 g/mol. The van der Waals surface area contributed by atoms with Gasteiger partial charge in [-0.2, -0.15) is 0 Å². The summed E-state index contributed by atoms with van der Waals surface area (Å²) in [6, 6.07) is 13.4. The molecule has 4 nitrogen and oxygen atoms in total. The molecule has 0 aromatic heterocycles. The maximum Gasteiger partial charge on any atom is 0.340 e. The molecule has 0 heterocycles. The zero-order valence-electron chi connectivity index (χ0n) is 13.5. The van der Waals surface area contributed by atoms with E-state index in [-0.39, 0.29) is 5.97 Å². The van der Waals surface area contributed by atoms with Crippen LogP contribution in [0, 0.1) is 13.8 Å². The van der Waals surface area contributed by atoms with Crippen molar-refractivity contribution < 1.29 is 9.53 Å². The summed E-state index contributed by atoms with van der Waals surface area (Å²) in [5, 5.41) is 6.60. The fourth-order valence-corrected chi connectivity index (χ4v) is 2.38. The third-order valence-corrected chi connectivity index (χ3v) is 3.40. The Morgan fingerprint density at radius 3 is 2.52 bits per heavy atom. The van der Waals surface area contributed by atoms with Crippen LogP contribution in [0.2, 0.25) is 0 Å². The monoisotopic (exact) mass is 328 g/mol. The standard InChI is InChI=1S/C18H20N2O2S/c1-4-22-17(21)15-11-13(3)8-9-16(15)20-18(23)19-14-7-5-6-12(2)10-14/h5-11H,4H2,1-3H3,(H2,19,20,23). The molecule has 0 bridgehead atoms. The molecule has 23 heavy (non-hydrogen) atoms. The Balaban J connectivity index is 2.15. The predicted octanol–water partition coefficient (Wildman–Crippen LogP) is 4.29. The topological polar surface area (TPSA) is 50.4 Å². The van der Waals surface area contributed by atoms with Crippen LogP contribution in [0.1, 0.15) is 28.4 Å². The van der Waals surface area contributed by atoms with Crippen LogP contribution in [0.15, 0.2) is 42.5 Å². The lowest BCUT2D eigenvalue weighted by Crippen LogP contribution is -2.21. The molecule has 0 amide bonds. The van der Waals surface area contributed by atoms with Crippen LogP contribution in [0.4, 0.5) is 11.4 Å². The van der Waals surface area contributed by atoms with Gasteiger partial charge in [0.2, 0.25) is 0 Å². The number of nitrogens with one attached hydrogen (secondary N) is 2. The van der Waals surface area contributed by atoms with Gasteiger partial charge < -0.3 is 15.4 Å². The Morgan fingerprint density at radius 2 is 1.83 bits per heavy atom. The second kappa shape index (κ2) is 7.74. The molecule has 120 valence electrons. The maximum absolute atomic E-state index is 12.1. The zero-order chi connectivity index (χ0) is 16.8. The fraction of sp³-hybridized carbons (Fsp3) is 0.222. The molecule has 0 aliphatic heterocycles. The van der Waals surface area contributed by atoms with Crippen molar-refractivity contribution in [1.29, 1.82) is 0 Å². The molecule has 0 atom stereocenters. The van der Waals surface area contributed by atoms with Gasteiger partial charge in [0.25, 0.3) is 0 Å². The lowest BCUT2D eigenvalue weighted by atomic mass is 10.1. The Hall–Kier alpha value is -2.40. The smallest absolute Gasteiger partial charge is 0.340 e. The van der Waals surface area contributed by atoms with Crippen LogP contribution in [0.25, 0.3) is 0 Å². The van der Waals surface area contributed by atoms with Crippen LogP contribution >= 0.6 is 12.2 Å². The number of thiocarbonyl (C=S) groups is 1. The molecule has 0 unspecified atom stereocenters. The quantitative estimate of drug-likeness (QED) is 0.648. The van der Waals surface area contributed by atoms with E-state index in [2.05, 4.69) is 10.6 Å². The summed E-state index contributed by atoms with van der Waals surface area (Å²) in [7, 11) is 0. The summed E-state index contributed by atoms with van der Waals surface area (Å²) in [6.45, 7) is 6.05. The second-order valence-electron chi connectivity index (χ2n) is 5.22. The molecule has 0 fully saturated rings. The van der Waals surface area contributed by atoms with Crippen molar-refractivity contribution >= 4 is 34.7 Å². The maximum atomic E-state index is 12.1. The molecule has 0 aliphatic carbocycles. The van der Waals surface area contributed by atoms with Crippen molar-refractivity contribution in [2.45, 2.75) is 20.8 Å². The molecule has 2 rings (SSSR count). The number of rotatable bonds is 4. The summed E-state index contributed by atoms with van der Waals surface area (Å²) < 4.78 is 5.10. The summed E-state index contributed by atoms with van der Waals surface area (Å²) in [6.07, 6.45) is 0. The minimum absolute atomic E-state index is 0.332. The molecule has 2 aromatic rings. The SMILES string of the molecule is CCOC(=O)c1cc(C)ccc1NC(=S)Nc1cccc(C)c1. The number of hydrogen-bond donors (Lipinski definition) is 2. The lowest BCUT2D eigenvalue weighted by Gasteiger charge is -2.14. The highest BCUT2D eigenvalue weighted by Gasteiger charge is 2.13. The molecule has 2 N–H and O–H groups in total. The van der Waals surface area contributed by atoms with E-state index in [0.29, 0.717) is 23.0 Å². The number of carbonyl (C=O) groups excluding carboxylic acids is 1. The number of anilines is 2. The average molecular weight is 328 g/mol. The van der Waals surface area contributed by atoms with Crippen LogP contribution in [-0.4, -0.2) is 17.7 Å². The first-order valence-corrected chi connectivity index (χ1v) is 7.83. The van der Waals surface area contributed by atoms with Gasteiger partial charge in [0.1, 0.15) is 0 Å². The summed E-state index contributed by atoms with van der Waals surface area (Å²) in [5.74, 6) is -0.364. The van der Waals surface area contributed by atoms with E-state index < -0.39 is 0 Å². The first-order chi connectivity index (χ1) is 11.0. The van der Waals surface area contributed by atoms with Crippen LogP contribution in [-0.2, 0) is 4.74 Å². The second-order valence-corrected chi connectivity index (χ2v) is 5.63. The Bertz CT molecular complexity index is 729. The third-order valence-electron chi connectivity index (χ3n) is 3.19. The zero-order valence-corrected chi connectivity index (χ0v) is 14.3. The van der Waals surface area contributed by atoms with Gasteiger partial charge in [0, 0.05) is 5.69 Å². The molecule has 0 spiro atoms. The van der Waals surface area contributed by atoms with Gasteiger partial charge in [0.05, 0.1) is 17.9 Å². The van der Waals surface area contributed by atoms with E-state index in [1.165, 1.54) is 0 Å². The van der Waals surface area contributed by atoms with E-state index in [1.54, 1.807) is 13.0 Å². The van der Waals surface area contributed by atoms with E-state index in [4.69, 9.17) is 17.0 Å². The van der Waals surface area contributed by atoms with Crippen molar-refractivity contribution in [3.05, 3.63) is 59.2 Å². The molecule has 0 aliphatic rings. The van der Waals surface area contributed by atoms with E-state index in [1.807, 2.05) is 50.2 Å². The lowest BCUT2D eigenvalue weighted by molar-refractivity contribution is 0.0527. The van der Waals surface area contributed by atoms with E-state index in [0.717, 1.165) is 16.8 Å². The average Bonchev–Trinajstić information content (AvgIpc) is 2.49. The first kappa shape index (κ1) is 17.0. The van der Waals surface area contributed by atoms with Crippen LogP contribution in [0.5, 0.6) is 0 Å². The van der Waals surface area contributed by atoms with Crippen molar-refractivity contribution in [2.24, 2.45) is 0 Å². The molecule has 0 saturated carbocycles. The molecule has 5 heteroatoms.